The second kappa shape index (κ2) is 13.6. The van der Waals surface area contributed by atoms with Crippen LogP contribution >= 0.6 is 15.9 Å². The largest absolute Gasteiger partial charge is 0.352 e. The van der Waals surface area contributed by atoms with E-state index in [1.165, 1.54) is 12.0 Å². The summed E-state index contributed by atoms with van der Waals surface area (Å²) in [7, 11) is 0. The van der Waals surface area contributed by atoms with Gasteiger partial charge in [-0.3, -0.25) is 9.59 Å². The molecule has 0 spiro atoms. The maximum absolute atomic E-state index is 13.8. The summed E-state index contributed by atoms with van der Waals surface area (Å²) < 4.78 is 0.961. The average molecular weight is 562 g/mol. The number of hydrogen-bond acceptors (Lipinski definition) is 2. The summed E-state index contributed by atoms with van der Waals surface area (Å²) in [6.45, 7) is 2.45. The molecule has 4 rings (SSSR count). The van der Waals surface area contributed by atoms with Crippen LogP contribution in [0.25, 0.3) is 0 Å². The van der Waals surface area contributed by atoms with Gasteiger partial charge in [0.2, 0.25) is 11.8 Å². The molecule has 1 atom stereocenters. The first-order chi connectivity index (χ1) is 18.0. The van der Waals surface area contributed by atoms with Crippen molar-refractivity contribution in [1.29, 1.82) is 0 Å². The van der Waals surface area contributed by atoms with Crippen molar-refractivity contribution in [1.82, 2.24) is 10.2 Å². The van der Waals surface area contributed by atoms with E-state index in [2.05, 4.69) is 52.4 Å². The Labute approximate surface area is 229 Å². The van der Waals surface area contributed by atoms with Crippen molar-refractivity contribution in [3.63, 3.8) is 0 Å². The fourth-order valence-electron chi connectivity index (χ4n) is 5.08. The molecule has 1 saturated carbocycles. The van der Waals surface area contributed by atoms with Crippen LogP contribution in [0.3, 0.4) is 0 Å². The fourth-order valence-corrected chi connectivity index (χ4v) is 5.53. The Morgan fingerprint density at radius 2 is 1.59 bits per heavy atom. The predicted molar refractivity (Wildman–Crippen MR) is 153 cm³/mol. The maximum Gasteiger partial charge on any atom is 0.243 e. The lowest BCUT2D eigenvalue weighted by Crippen LogP contribution is -2.52. The lowest BCUT2D eigenvalue weighted by molar-refractivity contribution is -0.141. The van der Waals surface area contributed by atoms with E-state index in [9.17, 15) is 9.59 Å². The van der Waals surface area contributed by atoms with Gasteiger partial charge in [-0.05, 0) is 55.0 Å². The number of halogens is 1. The summed E-state index contributed by atoms with van der Waals surface area (Å²) in [5.41, 5.74) is 4.39. The molecule has 5 heteroatoms. The highest BCUT2D eigenvalue weighted by Crippen LogP contribution is 2.21. The molecule has 1 aliphatic carbocycles. The van der Waals surface area contributed by atoms with Crippen LogP contribution in [-0.2, 0) is 29.0 Å². The Hall–Kier alpha value is -2.92. The van der Waals surface area contributed by atoms with Gasteiger partial charge in [0.05, 0.1) is 0 Å². The molecule has 1 fully saturated rings. The van der Waals surface area contributed by atoms with Gasteiger partial charge in [0.15, 0.2) is 0 Å². The number of amides is 2. The molecule has 0 heterocycles. The quantitative estimate of drug-likeness (QED) is 0.297. The van der Waals surface area contributed by atoms with Gasteiger partial charge in [-0.2, -0.15) is 0 Å². The highest BCUT2D eigenvalue weighted by Gasteiger charge is 2.31. The zero-order valence-corrected chi connectivity index (χ0v) is 23.3. The lowest BCUT2D eigenvalue weighted by Gasteiger charge is -2.33. The SMILES string of the molecule is Cc1ccc(CCC(=O)N(Cc2cccc(Br)c2)[C@H](Cc2ccccc2)C(=O)NC2CCCCC2)cc1. The third-order valence-corrected chi connectivity index (χ3v) is 7.71. The number of aryl methyl sites for hydroxylation is 2. The topological polar surface area (TPSA) is 49.4 Å². The summed E-state index contributed by atoms with van der Waals surface area (Å²) in [4.78, 5) is 29.5. The summed E-state index contributed by atoms with van der Waals surface area (Å²) in [5.74, 6) is -0.0466. The van der Waals surface area contributed by atoms with E-state index in [0.29, 0.717) is 25.8 Å². The number of carbonyl (C=O) groups excluding carboxylic acids is 2. The number of nitrogens with one attached hydrogen (secondary N) is 1. The zero-order chi connectivity index (χ0) is 26.0. The summed E-state index contributed by atoms with van der Waals surface area (Å²) in [5, 5.41) is 3.31. The number of hydrogen-bond donors (Lipinski definition) is 1. The molecule has 3 aromatic carbocycles. The minimum atomic E-state index is -0.575. The molecule has 0 unspecified atom stereocenters. The van der Waals surface area contributed by atoms with Crippen LogP contribution < -0.4 is 5.32 Å². The van der Waals surface area contributed by atoms with Crippen molar-refractivity contribution in [3.05, 3.63) is 106 Å². The summed E-state index contributed by atoms with van der Waals surface area (Å²) >= 11 is 3.56. The molecule has 0 radical (unpaired) electrons. The van der Waals surface area contributed by atoms with E-state index in [1.807, 2.05) is 54.6 Å². The zero-order valence-electron chi connectivity index (χ0n) is 21.7. The molecular formula is C32H37BrN2O2. The van der Waals surface area contributed by atoms with Crippen LogP contribution in [0.15, 0.2) is 83.3 Å². The lowest BCUT2D eigenvalue weighted by atomic mass is 9.94. The van der Waals surface area contributed by atoms with E-state index in [-0.39, 0.29) is 17.9 Å². The van der Waals surface area contributed by atoms with Crippen molar-refractivity contribution in [2.24, 2.45) is 0 Å². The maximum atomic E-state index is 13.8. The third kappa shape index (κ3) is 8.29. The predicted octanol–water partition coefficient (Wildman–Crippen LogP) is 6.78. The monoisotopic (exact) mass is 560 g/mol. The van der Waals surface area contributed by atoms with E-state index in [0.717, 1.165) is 46.8 Å². The molecule has 0 bridgehead atoms. The number of nitrogens with zero attached hydrogens (tertiary/aromatic N) is 1. The molecule has 1 N–H and O–H groups in total. The van der Waals surface area contributed by atoms with Crippen molar-refractivity contribution >= 4 is 27.7 Å². The smallest absolute Gasteiger partial charge is 0.243 e. The van der Waals surface area contributed by atoms with Crippen LogP contribution in [0.2, 0.25) is 0 Å². The molecule has 0 aliphatic heterocycles. The standard InChI is InChI=1S/C32H37BrN2O2/c1-24-15-17-25(18-16-24)19-20-31(36)35(23-27-11-8-12-28(33)21-27)30(22-26-9-4-2-5-10-26)32(37)34-29-13-6-3-7-14-29/h2,4-5,8-12,15-18,21,29-30H,3,6-7,13-14,19-20,22-23H2,1H3,(H,34,37)/t30-/m1/s1. The Kier molecular flexibility index (Phi) is 9.95. The van der Waals surface area contributed by atoms with Crippen molar-refractivity contribution in [2.45, 2.75) is 76.9 Å². The van der Waals surface area contributed by atoms with Crippen LogP contribution in [-0.4, -0.2) is 28.8 Å². The van der Waals surface area contributed by atoms with Crippen LogP contribution in [0, 0.1) is 6.92 Å². The van der Waals surface area contributed by atoms with E-state index in [1.54, 1.807) is 4.90 Å². The van der Waals surface area contributed by atoms with Gasteiger partial charge in [-0.25, -0.2) is 0 Å². The second-order valence-corrected chi connectivity index (χ2v) is 11.1. The first-order valence-corrected chi connectivity index (χ1v) is 14.2. The second-order valence-electron chi connectivity index (χ2n) is 10.2. The van der Waals surface area contributed by atoms with Crippen LogP contribution in [0.4, 0.5) is 0 Å². The fraction of sp³-hybridized carbons (Fsp3) is 0.375. The van der Waals surface area contributed by atoms with Crippen molar-refractivity contribution in [2.75, 3.05) is 0 Å². The highest BCUT2D eigenvalue weighted by molar-refractivity contribution is 9.10. The normalized spacial score (nSPS) is 14.6. The van der Waals surface area contributed by atoms with E-state index >= 15 is 0 Å². The number of benzene rings is 3. The summed E-state index contributed by atoms with van der Waals surface area (Å²) in [6.07, 6.45) is 7.04. The summed E-state index contributed by atoms with van der Waals surface area (Å²) in [6, 6.07) is 26.0. The van der Waals surface area contributed by atoms with E-state index in [4.69, 9.17) is 0 Å². The van der Waals surface area contributed by atoms with Crippen molar-refractivity contribution in [3.8, 4) is 0 Å². The highest BCUT2D eigenvalue weighted by atomic mass is 79.9. The van der Waals surface area contributed by atoms with E-state index < -0.39 is 6.04 Å². The van der Waals surface area contributed by atoms with Gasteiger partial charge in [-0.15, -0.1) is 0 Å². The van der Waals surface area contributed by atoms with Crippen LogP contribution in [0.5, 0.6) is 0 Å². The first kappa shape index (κ1) is 27.1. The minimum Gasteiger partial charge on any atom is -0.352 e. The average Bonchev–Trinajstić information content (AvgIpc) is 2.91. The first-order valence-electron chi connectivity index (χ1n) is 13.4. The van der Waals surface area contributed by atoms with Gasteiger partial charge in [0.25, 0.3) is 0 Å². The van der Waals surface area contributed by atoms with Crippen LogP contribution in [0.1, 0.15) is 60.8 Å². The van der Waals surface area contributed by atoms with Gasteiger partial charge in [0.1, 0.15) is 6.04 Å². The molecule has 1 aliphatic rings. The molecule has 194 valence electrons. The van der Waals surface area contributed by atoms with Gasteiger partial charge >= 0.3 is 0 Å². The number of rotatable bonds is 10. The number of carbonyl (C=O) groups is 2. The molecule has 2 amide bonds. The molecule has 37 heavy (non-hydrogen) atoms. The van der Waals surface area contributed by atoms with Crippen molar-refractivity contribution < 1.29 is 9.59 Å². The van der Waals surface area contributed by atoms with Gasteiger partial charge < -0.3 is 10.2 Å². The molecular weight excluding hydrogens is 524 g/mol. The Morgan fingerprint density at radius 1 is 0.892 bits per heavy atom. The Balaban J connectivity index is 1.60. The third-order valence-electron chi connectivity index (χ3n) is 7.21. The molecule has 4 nitrogen and oxygen atoms in total. The molecule has 3 aromatic rings. The molecule has 0 aromatic heterocycles. The minimum absolute atomic E-state index is 0.000255. The molecule has 0 saturated heterocycles. The Morgan fingerprint density at radius 3 is 2.30 bits per heavy atom. The van der Waals surface area contributed by atoms with Gasteiger partial charge in [-0.1, -0.05) is 107 Å². The van der Waals surface area contributed by atoms with Gasteiger partial charge in [0, 0.05) is 29.9 Å². The Bertz CT molecular complexity index is 1160.